The standard InChI is InChI=1S/C6H9NO3.CH4/c1-6(2)4(8)7(3)5(9)10-6;/h1-3H3;1H4. The number of likely N-dealkylation sites (N-methyl/N-ethyl adjacent to an activating group) is 1. The third-order valence-electron chi connectivity index (χ3n) is 1.44. The van der Waals surface area contributed by atoms with Crippen molar-refractivity contribution in [3.8, 4) is 0 Å². The lowest BCUT2D eigenvalue weighted by Gasteiger charge is -2.10. The molecule has 0 aromatic rings. The Kier molecular flexibility index (Phi) is 2.28. The molecule has 64 valence electrons. The normalized spacial score (nSPS) is 21.2. The second-order valence-corrected chi connectivity index (χ2v) is 2.74. The quantitative estimate of drug-likeness (QED) is 0.530. The van der Waals surface area contributed by atoms with Crippen molar-refractivity contribution in [3.63, 3.8) is 0 Å². The van der Waals surface area contributed by atoms with Gasteiger partial charge in [-0.15, -0.1) is 0 Å². The number of nitrogens with zero attached hydrogens (tertiary/aromatic N) is 1. The summed E-state index contributed by atoms with van der Waals surface area (Å²) in [6.07, 6.45) is -0.574. The van der Waals surface area contributed by atoms with Crippen LogP contribution in [0, 0.1) is 0 Å². The molecule has 4 nitrogen and oxygen atoms in total. The molecule has 0 atom stereocenters. The molecule has 0 aliphatic carbocycles. The van der Waals surface area contributed by atoms with Gasteiger partial charge in [0.2, 0.25) is 0 Å². The highest BCUT2D eigenvalue weighted by molar-refractivity contribution is 6.01. The molecular weight excluding hydrogens is 146 g/mol. The van der Waals surface area contributed by atoms with Gasteiger partial charge < -0.3 is 4.74 Å². The smallest absolute Gasteiger partial charge is 0.417 e. The SMILES string of the molecule is C.CN1C(=O)OC(C)(C)C1=O. The lowest BCUT2D eigenvalue weighted by atomic mass is 10.1. The summed E-state index contributed by atoms with van der Waals surface area (Å²) < 4.78 is 4.71. The van der Waals surface area contributed by atoms with E-state index < -0.39 is 11.7 Å². The summed E-state index contributed by atoms with van der Waals surface area (Å²) in [7, 11) is 1.40. The van der Waals surface area contributed by atoms with Crippen LogP contribution in [0.25, 0.3) is 0 Å². The molecule has 0 N–H and O–H groups in total. The van der Waals surface area contributed by atoms with E-state index >= 15 is 0 Å². The van der Waals surface area contributed by atoms with Crippen molar-refractivity contribution in [2.75, 3.05) is 7.05 Å². The molecule has 1 saturated heterocycles. The fourth-order valence-corrected chi connectivity index (χ4v) is 0.817. The maximum Gasteiger partial charge on any atom is 0.417 e. The first kappa shape index (κ1) is 9.94. The van der Waals surface area contributed by atoms with Crippen LogP contribution in [-0.4, -0.2) is 29.5 Å². The third-order valence-corrected chi connectivity index (χ3v) is 1.44. The van der Waals surface area contributed by atoms with Gasteiger partial charge in [0.05, 0.1) is 0 Å². The van der Waals surface area contributed by atoms with E-state index in [0.717, 1.165) is 4.90 Å². The molecule has 0 saturated carbocycles. The Morgan fingerprint density at radius 1 is 1.36 bits per heavy atom. The number of cyclic esters (lactones) is 1. The van der Waals surface area contributed by atoms with E-state index in [-0.39, 0.29) is 13.3 Å². The topological polar surface area (TPSA) is 46.6 Å². The summed E-state index contributed by atoms with van der Waals surface area (Å²) in [4.78, 5) is 22.7. The van der Waals surface area contributed by atoms with Crippen LogP contribution in [-0.2, 0) is 9.53 Å². The lowest BCUT2D eigenvalue weighted by Crippen LogP contribution is -2.33. The van der Waals surface area contributed by atoms with Crippen LogP contribution in [0.3, 0.4) is 0 Å². The Morgan fingerprint density at radius 3 is 1.91 bits per heavy atom. The van der Waals surface area contributed by atoms with Gasteiger partial charge in [-0.05, 0) is 13.8 Å². The lowest BCUT2D eigenvalue weighted by molar-refractivity contribution is -0.133. The molecule has 0 unspecified atom stereocenters. The zero-order chi connectivity index (χ0) is 7.94. The fourth-order valence-electron chi connectivity index (χ4n) is 0.817. The number of imide groups is 1. The first-order valence-electron chi connectivity index (χ1n) is 2.96. The Labute approximate surface area is 66.1 Å². The maximum atomic E-state index is 11.0. The van der Waals surface area contributed by atoms with Gasteiger partial charge >= 0.3 is 6.09 Å². The molecule has 0 aromatic heterocycles. The number of hydrogen-bond acceptors (Lipinski definition) is 3. The Bertz CT molecular complexity index is 198. The van der Waals surface area contributed by atoms with Gasteiger partial charge in [0.25, 0.3) is 5.91 Å². The van der Waals surface area contributed by atoms with E-state index in [1.54, 1.807) is 13.8 Å². The predicted octanol–water partition coefficient (Wildman–Crippen LogP) is 1.01. The second-order valence-electron chi connectivity index (χ2n) is 2.74. The number of hydrogen-bond donors (Lipinski definition) is 0. The van der Waals surface area contributed by atoms with E-state index in [1.807, 2.05) is 0 Å². The minimum Gasteiger partial charge on any atom is -0.433 e. The van der Waals surface area contributed by atoms with Crippen molar-refractivity contribution >= 4 is 12.0 Å². The van der Waals surface area contributed by atoms with Crippen molar-refractivity contribution in [1.29, 1.82) is 0 Å². The molecule has 1 aliphatic rings. The second kappa shape index (κ2) is 2.53. The zero-order valence-corrected chi connectivity index (χ0v) is 6.17. The fraction of sp³-hybridized carbons (Fsp3) is 0.714. The molecule has 1 heterocycles. The molecule has 0 spiro atoms. The molecule has 0 radical (unpaired) electrons. The van der Waals surface area contributed by atoms with Gasteiger partial charge in [0.1, 0.15) is 0 Å². The van der Waals surface area contributed by atoms with Crippen LogP contribution in [0.5, 0.6) is 0 Å². The average molecular weight is 159 g/mol. The molecule has 1 aliphatic heterocycles. The molecule has 1 rings (SSSR count). The molecular formula is C7H13NO3. The molecule has 11 heavy (non-hydrogen) atoms. The number of rotatable bonds is 0. The number of carbonyl (C=O) groups is 2. The largest absolute Gasteiger partial charge is 0.433 e. The Hall–Kier alpha value is -1.06. The van der Waals surface area contributed by atoms with Crippen LogP contribution in [0.1, 0.15) is 21.3 Å². The minimum atomic E-state index is -0.966. The highest BCUT2D eigenvalue weighted by atomic mass is 16.6. The van der Waals surface area contributed by atoms with E-state index in [9.17, 15) is 9.59 Å². The van der Waals surface area contributed by atoms with Gasteiger partial charge in [0.15, 0.2) is 5.60 Å². The van der Waals surface area contributed by atoms with Gasteiger partial charge in [-0.25, -0.2) is 9.69 Å². The van der Waals surface area contributed by atoms with E-state index in [1.165, 1.54) is 7.05 Å². The monoisotopic (exact) mass is 159 g/mol. The summed E-state index contributed by atoms with van der Waals surface area (Å²) >= 11 is 0. The minimum absolute atomic E-state index is 0. The summed E-state index contributed by atoms with van der Waals surface area (Å²) in [5, 5.41) is 0. The van der Waals surface area contributed by atoms with Crippen molar-refractivity contribution in [2.45, 2.75) is 26.9 Å². The Balaban J connectivity index is 0.000001000. The van der Waals surface area contributed by atoms with Crippen LogP contribution in [0.2, 0.25) is 0 Å². The van der Waals surface area contributed by atoms with E-state index in [0.29, 0.717) is 0 Å². The summed E-state index contributed by atoms with van der Waals surface area (Å²) in [5.74, 6) is -0.294. The van der Waals surface area contributed by atoms with Crippen LogP contribution < -0.4 is 0 Å². The zero-order valence-electron chi connectivity index (χ0n) is 6.17. The summed E-state index contributed by atoms with van der Waals surface area (Å²) in [6.45, 7) is 3.13. The Morgan fingerprint density at radius 2 is 1.82 bits per heavy atom. The van der Waals surface area contributed by atoms with Crippen LogP contribution in [0.15, 0.2) is 0 Å². The number of ether oxygens (including phenoxy) is 1. The summed E-state index contributed by atoms with van der Waals surface area (Å²) in [6, 6.07) is 0. The molecule has 0 bridgehead atoms. The van der Waals surface area contributed by atoms with Crippen molar-refractivity contribution in [2.24, 2.45) is 0 Å². The van der Waals surface area contributed by atoms with E-state index in [4.69, 9.17) is 4.74 Å². The maximum absolute atomic E-state index is 11.0. The molecule has 0 aromatic carbocycles. The summed E-state index contributed by atoms with van der Waals surface area (Å²) in [5.41, 5.74) is -0.966. The average Bonchev–Trinajstić information content (AvgIpc) is 1.95. The van der Waals surface area contributed by atoms with Gasteiger partial charge in [0, 0.05) is 7.05 Å². The van der Waals surface area contributed by atoms with Gasteiger partial charge in [-0.3, -0.25) is 4.79 Å². The van der Waals surface area contributed by atoms with Crippen molar-refractivity contribution in [3.05, 3.63) is 0 Å². The van der Waals surface area contributed by atoms with Crippen molar-refractivity contribution in [1.82, 2.24) is 4.90 Å². The van der Waals surface area contributed by atoms with E-state index in [2.05, 4.69) is 0 Å². The highest BCUT2D eigenvalue weighted by Crippen LogP contribution is 2.21. The molecule has 1 fully saturated rings. The van der Waals surface area contributed by atoms with Gasteiger partial charge in [-0.2, -0.15) is 0 Å². The van der Waals surface area contributed by atoms with Gasteiger partial charge in [-0.1, -0.05) is 7.43 Å². The highest BCUT2D eigenvalue weighted by Gasteiger charge is 2.44. The van der Waals surface area contributed by atoms with Crippen molar-refractivity contribution < 1.29 is 14.3 Å². The number of carbonyl (C=O) groups excluding carboxylic acids is 2. The predicted molar refractivity (Wildman–Crippen MR) is 40.1 cm³/mol. The first-order chi connectivity index (χ1) is 4.45. The van der Waals surface area contributed by atoms with Crippen LogP contribution in [0.4, 0.5) is 4.79 Å². The number of amides is 2. The first-order valence-corrected chi connectivity index (χ1v) is 2.96. The van der Waals surface area contributed by atoms with Crippen LogP contribution >= 0.6 is 0 Å². The molecule has 2 amide bonds. The third kappa shape index (κ3) is 1.34. The molecule has 4 heteroatoms.